The third-order valence-electron chi connectivity index (χ3n) is 2.16. The number of nitrogens with zero attached hydrogens (tertiary/aromatic N) is 2. The molecule has 0 radical (unpaired) electrons. The summed E-state index contributed by atoms with van der Waals surface area (Å²) in [5.74, 6) is 0.405. The van der Waals surface area contributed by atoms with E-state index < -0.39 is 26.4 Å². The van der Waals surface area contributed by atoms with Gasteiger partial charge in [0.05, 0.1) is 4.90 Å². The highest BCUT2D eigenvalue weighted by Gasteiger charge is 2.10. The zero-order chi connectivity index (χ0) is 17.6. The Hall–Kier alpha value is -2.64. The van der Waals surface area contributed by atoms with Crippen LogP contribution in [0, 0.1) is 6.92 Å². The molecule has 0 aliphatic heterocycles. The van der Waals surface area contributed by atoms with Crippen LogP contribution in [0.4, 0.5) is 11.6 Å². The maximum absolute atomic E-state index is 11.1. The van der Waals surface area contributed by atoms with E-state index in [-0.39, 0.29) is 10.8 Å². The summed E-state index contributed by atoms with van der Waals surface area (Å²) in [5.41, 5.74) is -0.235. The predicted molar refractivity (Wildman–Crippen MR) is 76.6 cm³/mol. The molecule has 0 saturated carbocycles. The molecular weight excluding hydrogens is 352 g/mol. The number of anilines is 2. The minimum absolute atomic E-state index is 0.0359. The first-order chi connectivity index (χ1) is 10.6. The molecule has 2 rings (SSSR count). The maximum atomic E-state index is 11.1. The van der Waals surface area contributed by atoms with Crippen molar-refractivity contribution in [2.75, 3.05) is 5.32 Å². The van der Waals surface area contributed by atoms with E-state index in [1.165, 1.54) is 18.2 Å². The molecule has 0 amide bonds. The minimum atomic E-state index is -4.28. The number of nitrogens with one attached hydrogen (secondary N) is 2. The van der Waals surface area contributed by atoms with Crippen molar-refractivity contribution >= 4 is 32.4 Å². The topological polar surface area (TPSA) is 176 Å². The quantitative estimate of drug-likeness (QED) is 0.601. The van der Waals surface area contributed by atoms with Gasteiger partial charge in [-0.15, -0.1) is 12.6 Å². The smallest absolute Gasteiger partial charge is 0.324 e. The molecule has 11 nitrogen and oxygen atoms in total. The van der Waals surface area contributed by atoms with Crippen LogP contribution < -0.4 is 11.0 Å². The van der Waals surface area contributed by atoms with Crippen LogP contribution >= 0.6 is 0 Å². The van der Waals surface area contributed by atoms with E-state index in [2.05, 4.69) is 20.3 Å². The summed E-state index contributed by atoms with van der Waals surface area (Å²) in [6.07, 6.45) is 0. The fourth-order valence-electron chi connectivity index (χ4n) is 1.41. The summed E-state index contributed by atoms with van der Waals surface area (Å²) >= 11 is 0. The van der Waals surface area contributed by atoms with Crippen molar-refractivity contribution in [1.82, 2.24) is 15.0 Å². The fraction of sp³-hybridized carbons (Fsp3) is 0.100. The molecule has 124 valence electrons. The molecule has 2 aromatic rings. The van der Waals surface area contributed by atoms with Gasteiger partial charge < -0.3 is 5.32 Å². The Morgan fingerprint density at radius 3 is 2.35 bits per heavy atom. The molecule has 0 aliphatic rings. The molecule has 23 heavy (non-hydrogen) atoms. The molecule has 3 N–H and O–H groups in total. The maximum Gasteiger partial charge on any atom is 0.425 e. The molecule has 0 atom stereocenters. The monoisotopic (exact) mass is 362 g/mol. The summed E-state index contributed by atoms with van der Waals surface area (Å²) in [6, 6.07) is 5.43. The van der Waals surface area contributed by atoms with E-state index in [1.54, 1.807) is 13.0 Å². The lowest BCUT2D eigenvalue weighted by atomic mass is 10.3. The van der Waals surface area contributed by atoms with Gasteiger partial charge in [-0.05, 0) is 25.1 Å². The zero-order valence-corrected chi connectivity index (χ0v) is 13.1. The first-order valence-electron chi connectivity index (χ1n) is 5.64. The van der Waals surface area contributed by atoms with Gasteiger partial charge in [0.15, 0.2) is 0 Å². The Bertz CT molecular complexity index is 960. The third kappa shape index (κ3) is 6.77. The van der Waals surface area contributed by atoms with Crippen molar-refractivity contribution in [2.24, 2.45) is 0 Å². The van der Waals surface area contributed by atoms with Crippen molar-refractivity contribution in [3.63, 3.8) is 0 Å². The van der Waals surface area contributed by atoms with Gasteiger partial charge in [0.25, 0.3) is 10.1 Å². The standard InChI is InChI=1S/C10H10N4O4S.O3S/c1-6-11-9(14-10(15)12-6)13-7-3-2-4-8(5-7)19(16,17)18;1-4(2)3/h2-5H,1H3,(H,16,17,18)(H2,11,12,13,14,15);. The van der Waals surface area contributed by atoms with Crippen LogP contribution in [-0.4, -0.2) is 40.5 Å². The molecule has 13 heteroatoms. The average Bonchev–Trinajstić information content (AvgIpc) is 2.36. The third-order valence-corrected chi connectivity index (χ3v) is 3.01. The Kier molecular flexibility index (Phi) is 6.06. The van der Waals surface area contributed by atoms with Crippen molar-refractivity contribution in [3.05, 3.63) is 40.6 Å². The molecule has 0 spiro atoms. The van der Waals surface area contributed by atoms with Crippen LogP contribution in [0.25, 0.3) is 0 Å². The van der Waals surface area contributed by atoms with E-state index in [4.69, 9.17) is 17.2 Å². The van der Waals surface area contributed by atoms with Crippen molar-refractivity contribution < 1.29 is 25.6 Å². The van der Waals surface area contributed by atoms with E-state index in [9.17, 15) is 13.2 Å². The van der Waals surface area contributed by atoms with Crippen LogP contribution in [0.1, 0.15) is 5.82 Å². The highest BCUT2D eigenvalue weighted by atomic mass is 32.2. The highest BCUT2D eigenvalue weighted by Crippen LogP contribution is 2.17. The summed E-state index contributed by atoms with van der Waals surface area (Å²) in [5, 5.41) is 2.68. The Balaban J connectivity index is 0.000000593. The summed E-state index contributed by atoms with van der Waals surface area (Å²) in [6.45, 7) is 1.59. The Morgan fingerprint density at radius 2 is 1.83 bits per heavy atom. The lowest BCUT2D eigenvalue weighted by molar-refractivity contribution is 0.483. The van der Waals surface area contributed by atoms with Crippen LogP contribution in [0.3, 0.4) is 0 Å². The van der Waals surface area contributed by atoms with Crippen LogP contribution in [0.2, 0.25) is 0 Å². The van der Waals surface area contributed by atoms with Gasteiger partial charge in [-0.1, -0.05) is 6.07 Å². The van der Waals surface area contributed by atoms with Gasteiger partial charge in [0, 0.05) is 5.69 Å². The second-order valence-corrected chi connectivity index (χ2v) is 5.72. The molecule has 1 heterocycles. The zero-order valence-electron chi connectivity index (χ0n) is 11.4. The van der Waals surface area contributed by atoms with Gasteiger partial charge >= 0.3 is 16.3 Å². The van der Waals surface area contributed by atoms with Gasteiger partial charge in [-0.25, -0.2) is 4.79 Å². The second kappa shape index (κ2) is 7.57. The number of aryl methyl sites for hydroxylation is 1. The largest absolute Gasteiger partial charge is 0.425 e. The van der Waals surface area contributed by atoms with Gasteiger partial charge in [-0.3, -0.25) is 9.54 Å². The first-order valence-corrected chi connectivity index (χ1v) is 8.08. The molecule has 1 aromatic carbocycles. The van der Waals surface area contributed by atoms with Crippen LogP contribution in [-0.2, 0) is 20.7 Å². The molecule has 0 fully saturated rings. The van der Waals surface area contributed by atoms with Crippen molar-refractivity contribution in [1.29, 1.82) is 0 Å². The molecule has 0 saturated heterocycles. The lowest BCUT2D eigenvalue weighted by Gasteiger charge is -2.05. The fourth-order valence-corrected chi connectivity index (χ4v) is 1.94. The number of hydrogen-bond donors (Lipinski definition) is 3. The van der Waals surface area contributed by atoms with Gasteiger partial charge in [0.1, 0.15) is 5.82 Å². The number of aromatic nitrogens is 3. The predicted octanol–water partition coefficient (Wildman–Crippen LogP) is -0.540. The number of aromatic amines is 1. The van der Waals surface area contributed by atoms with Crippen LogP contribution in [0.15, 0.2) is 34.0 Å². The Morgan fingerprint density at radius 1 is 1.22 bits per heavy atom. The average molecular weight is 362 g/mol. The SMILES string of the molecule is Cc1nc(Nc2cccc(S(=O)(=O)O)c2)nc(=O)[nH]1.O=S(=O)=O. The highest BCUT2D eigenvalue weighted by molar-refractivity contribution is 7.85. The normalized spacial score (nSPS) is 10.3. The van der Waals surface area contributed by atoms with Gasteiger partial charge in [0.2, 0.25) is 5.95 Å². The van der Waals surface area contributed by atoms with Crippen LogP contribution in [0.5, 0.6) is 0 Å². The molecule has 0 aliphatic carbocycles. The number of rotatable bonds is 3. The number of H-pyrrole nitrogens is 1. The summed E-state index contributed by atoms with van der Waals surface area (Å²) in [4.78, 5) is 20.8. The molecule has 0 bridgehead atoms. The van der Waals surface area contributed by atoms with E-state index >= 15 is 0 Å². The van der Waals surface area contributed by atoms with E-state index in [0.29, 0.717) is 11.5 Å². The number of hydrogen-bond acceptors (Lipinski definition) is 9. The van der Waals surface area contributed by atoms with Crippen molar-refractivity contribution in [3.8, 4) is 0 Å². The van der Waals surface area contributed by atoms with E-state index in [0.717, 1.165) is 0 Å². The molecular formula is C10H10N4O7S2. The first kappa shape index (κ1) is 18.4. The number of benzene rings is 1. The summed E-state index contributed by atoms with van der Waals surface area (Å²) in [7, 11) is -7.39. The minimum Gasteiger partial charge on any atom is -0.324 e. The van der Waals surface area contributed by atoms with E-state index in [1.807, 2.05) is 0 Å². The lowest BCUT2D eigenvalue weighted by Crippen LogP contribution is -2.15. The summed E-state index contributed by atoms with van der Waals surface area (Å²) < 4.78 is 56.2. The molecule has 1 aromatic heterocycles. The second-order valence-electron chi connectivity index (χ2n) is 3.89. The molecule has 0 unspecified atom stereocenters. The van der Waals surface area contributed by atoms with Gasteiger partial charge in [-0.2, -0.15) is 18.4 Å². The van der Waals surface area contributed by atoms with Crippen molar-refractivity contribution in [2.45, 2.75) is 11.8 Å². The Labute approximate surface area is 131 Å².